The normalized spacial score (nSPS) is 18.2. The highest BCUT2D eigenvalue weighted by molar-refractivity contribution is 6.32. The van der Waals surface area contributed by atoms with E-state index < -0.39 is 0 Å². The maximum atomic E-state index is 6.02. The molecule has 1 aromatic rings. The number of halogens is 2. The topological polar surface area (TPSA) is 38.9 Å². The van der Waals surface area contributed by atoms with Crippen LogP contribution in [0.2, 0.25) is 10.3 Å². The summed E-state index contributed by atoms with van der Waals surface area (Å²) in [5.41, 5.74) is 6.92. The third-order valence-electron chi connectivity index (χ3n) is 2.53. The quantitative estimate of drug-likeness (QED) is 0.811. The molecule has 0 spiro atoms. The van der Waals surface area contributed by atoms with Gasteiger partial charge in [0.2, 0.25) is 0 Å². The third kappa shape index (κ3) is 2.38. The lowest BCUT2D eigenvalue weighted by Crippen LogP contribution is -2.12. The van der Waals surface area contributed by atoms with Crippen LogP contribution in [-0.2, 0) is 0 Å². The first-order chi connectivity index (χ1) is 6.66. The highest BCUT2D eigenvalue weighted by atomic mass is 35.5. The average Bonchev–Trinajstić information content (AvgIpc) is 2.87. The predicted octanol–water partition coefficient (Wildman–Crippen LogP) is 3.19. The second-order valence-electron chi connectivity index (χ2n) is 3.80. The zero-order valence-corrected chi connectivity index (χ0v) is 9.22. The van der Waals surface area contributed by atoms with Crippen LogP contribution < -0.4 is 5.73 Å². The maximum absolute atomic E-state index is 6.02. The van der Waals surface area contributed by atoms with Crippen LogP contribution in [-0.4, -0.2) is 4.98 Å². The lowest BCUT2D eigenvalue weighted by Gasteiger charge is -2.12. The Morgan fingerprint density at radius 1 is 1.43 bits per heavy atom. The zero-order valence-electron chi connectivity index (χ0n) is 7.71. The minimum Gasteiger partial charge on any atom is -0.324 e. The Labute approximate surface area is 93.4 Å². The van der Waals surface area contributed by atoms with E-state index in [1.54, 1.807) is 6.07 Å². The zero-order chi connectivity index (χ0) is 10.1. The van der Waals surface area contributed by atoms with Crippen LogP contribution >= 0.6 is 23.2 Å². The molecule has 1 atom stereocenters. The first-order valence-electron chi connectivity index (χ1n) is 4.74. The first-order valence-corrected chi connectivity index (χ1v) is 5.50. The monoisotopic (exact) mass is 230 g/mol. The molecule has 76 valence electrons. The van der Waals surface area contributed by atoms with E-state index in [-0.39, 0.29) is 6.04 Å². The van der Waals surface area contributed by atoms with Crippen molar-refractivity contribution in [1.29, 1.82) is 0 Å². The molecule has 0 saturated heterocycles. The van der Waals surface area contributed by atoms with E-state index in [1.165, 1.54) is 12.8 Å². The molecule has 14 heavy (non-hydrogen) atoms. The van der Waals surface area contributed by atoms with Crippen LogP contribution in [0.1, 0.15) is 30.9 Å². The van der Waals surface area contributed by atoms with E-state index >= 15 is 0 Å². The van der Waals surface area contributed by atoms with E-state index in [0.717, 1.165) is 17.9 Å². The number of pyridine rings is 1. The molecule has 1 unspecified atom stereocenters. The van der Waals surface area contributed by atoms with Crippen molar-refractivity contribution < 1.29 is 0 Å². The molecule has 0 aromatic carbocycles. The SMILES string of the molecule is NC(CC1CC1)c1ccc(Cl)nc1Cl. The van der Waals surface area contributed by atoms with Crippen molar-refractivity contribution in [2.75, 3.05) is 0 Å². The maximum Gasteiger partial charge on any atom is 0.135 e. The molecule has 0 radical (unpaired) electrons. The van der Waals surface area contributed by atoms with Gasteiger partial charge in [0.1, 0.15) is 10.3 Å². The van der Waals surface area contributed by atoms with Crippen molar-refractivity contribution in [3.8, 4) is 0 Å². The van der Waals surface area contributed by atoms with E-state index in [2.05, 4.69) is 4.98 Å². The summed E-state index contributed by atoms with van der Waals surface area (Å²) in [6.45, 7) is 0. The number of aromatic nitrogens is 1. The largest absolute Gasteiger partial charge is 0.324 e. The number of rotatable bonds is 3. The van der Waals surface area contributed by atoms with Gasteiger partial charge in [0.25, 0.3) is 0 Å². The summed E-state index contributed by atoms with van der Waals surface area (Å²) >= 11 is 11.7. The molecule has 1 fully saturated rings. The molecule has 0 bridgehead atoms. The molecule has 4 heteroatoms. The Hall–Kier alpha value is -0.310. The standard InChI is InChI=1S/C10H12Cl2N2/c11-9-4-3-7(10(12)14-9)8(13)5-6-1-2-6/h3-4,6,8H,1-2,5,13H2. The van der Waals surface area contributed by atoms with Gasteiger partial charge in [0, 0.05) is 11.6 Å². The van der Waals surface area contributed by atoms with Gasteiger partial charge in [0.05, 0.1) is 0 Å². The molecule has 0 aliphatic heterocycles. The highest BCUT2D eigenvalue weighted by Gasteiger charge is 2.25. The van der Waals surface area contributed by atoms with Crippen LogP contribution in [0.3, 0.4) is 0 Å². The van der Waals surface area contributed by atoms with Crippen molar-refractivity contribution in [2.24, 2.45) is 11.7 Å². The van der Waals surface area contributed by atoms with Crippen molar-refractivity contribution >= 4 is 23.2 Å². The van der Waals surface area contributed by atoms with Gasteiger partial charge in [-0.15, -0.1) is 0 Å². The summed E-state index contributed by atoms with van der Waals surface area (Å²) in [7, 11) is 0. The van der Waals surface area contributed by atoms with Crippen molar-refractivity contribution in [3.63, 3.8) is 0 Å². The van der Waals surface area contributed by atoms with E-state index in [0.29, 0.717) is 10.3 Å². The molecular weight excluding hydrogens is 219 g/mol. The minimum absolute atomic E-state index is 0.000216. The van der Waals surface area contributed by atoms with Crippen LogP contribution in [0.15, 0.2) is 12.1 Å². The molecular formula is C10H12Cl2N2. The number of hydrogen-bond donors (Lipinski definition) is 1. The summed E-state index contributed by atoms with van der Waals surface area (Å²) in [5.74, 6) is 0.789. The Morgan fingerprint density at radius 3 is 2.71 bits per heavy atom. The number of nitrogens with two attached hydrogens (primary N) is 1. The molecule has 2 nitrogen and oxygen atoms in total. The van der Waals surface area contributed by atoms with E-state index in [4.69, 9.17) is 28.9 Å². The molecule has 2 rings (SSSR count). The third-order valence-corrected chi connectivity index (χ3v) is 3.04. The Balaban J connectivity index is 2.13. The van der Waals surface area contributed by atoms with Gasteiger partial charge in [-0.25, -0.2) is 4.98 Å². The van der Waals surface area contributed by atoms with Gasteiger partial charge in [-0.1, -0.05) is 42.1 Å². The van der Waals surface area contributed by atoms with Gasteiger partial charge < -0.3 is 5.73 Å². The van der Waals surface area contributed by atoms with Gasteiger partial charge >= 0.3 is 0 Å². The molecule has 0 amide bonds. The fraction of sp³-hybridized carbons (Fsp3) is 0.500. The molecule has 2 N–H and O–H groups in total. The van der Waals surface area contributed by atoms with Gasteiger partial charge in [0.15, 0.2) is 0 Å². The second-order valence-corrected chi connectivity index (χ2v) is 4.54. The lowest BCUT2D eigenvalue weighted by atomic mass is 10.0. The van der Waals surface area contributed by atoms with E-state index in [1.807, 2.05) is 6.07 Å². The summed E-state index contributed by atoms with van der Waals surface area (Å²) in [6, 6.07) is 3.60. The molecule has 1 saturated carbocycles. The predicted molar refractivity (Wildman–Crippen MR) is 58.5 cm³/mol. The van der Waals surface area contributed by atoms with Crippen LogP contribution in [0.4, 0.5) is 0 Å². The minimum atomic E-state index is -0.000216. The summed E-state index contributed by atoms with van der Waals surface area (Å²) in [6.07, 6.45) is 3.60. The first kappa shape index (κ1) is 10.2. The van der Waals surface area contributed by atoms with Gasteiger partial charge in [-0.05, 0) is 18.4 Å². The molecule has 1 heterocycles. The van der Waals surface area contributed by atoms with Crippen LogP contribution in [0.5, 0.6) is 0 Å². The fourth-order valence-electron chi connectivity index (χ4n) is 1.54. The van der Waals surface area contributed by atoms with Crippen molar-refractivity contribution in [3.05, 3.63) is 28.0 Å². The van der Waals surface area contributed by atoms with Gasteiger partial charge in [-0.2, -0.15) is 0 Å². The molecule has 1 aromatic heterocycles. The smallest absolute Gasteiger partial charge is 0.135 e. The molecule has 1 aliphatic carbocycles. The number of hydrogen-bond acceptors (Lipinski definition) is 2. The van der Waals surface area contributed by atoms with Crippen LogP contribution in [0.25, 0.3) is 0 Å². The van der Waals surface area contributed by atoms with Crippen molar-refractivity contribution in [1.82, 2.24) is 4.98 Å². The lowest BCUT2D eigenvalue weighted by molar-refractivity contribution is 0.595. The van der Waals surface area contributed by atoms with Gasteiger partial charge in [-0.3, -0.25) is 0 Å². The Kier molecular flexibility index (Phi) is 2.96. The number of nitrogens with zero attached hydrogens (tertiary/aromatic N) is 1. The fourth-order valence-corrected chi connectivity index (χ4v) is 2.02. The summed E-state index contributed by atoms with van der Waals surface area (Å²) in [4.78, 5) is 3.97. The summed E-state index contributed by atoms with van der Waals surface area (Å²) in [5, 5.41) is 0.850. The highest BCUT2D eigenvalue weighted by Crippen LogP contribution is 2.37. The van der Waals surface area contributed by atoms with Crippen molar-refractivity contribution in [2.45, 2.75) is 25.3 Å². The Morgan fingerprint density at radius 2 is 2.14 bits per heavy atom. The molecule has 1 aliphatic rings. The summed E-state index contributed by atoms with van der Waals surface area (Å²) < 4.78 is 0. The second kappa shape index (κ2) is 4.05. The van der Waals surface area contributed by atoms with E-state index in [9.17, 15) is 0 Å². The Bertz CT molecular complexity index is 337. The van der Waals surface area contributed by atoms with Crippen LogP contribution in [0, 0.1) is 5.92 Å². The average molecular weight is 231 g/mol.